The fourth-order valence-electron chi connectivity index (χ4n) is 1.80. The van der Waals surface area contributed by atoms with E-state index in [0.29, 0.717) is 10.7 Å². The van der Waals surface area contributed by atoms with Crippen molar-refractivity contribution in [2.24, 2.45) is 5.41 Å². The van der Waals surface area contributed by atoms with E-state index in [0.717, 1.165) is 6.54 Å². The van der Waals surface area contributed by atoms with Crippen LogP contribution in [0.4, 0.5) is 5.69 Å². The lowest BCUT2D eigenvalue weighted by atomic mass is 9.95. The lowest BCUT2D eigenvalue weighted by molar-refractivity contribution is 0.0697. The van der Waals surface area contributed by atoms with Gasteiger partial charge in [-0.05, 0) is 23.6 Å². The van der Waals surface area contributed by atoms with Crippen LogP contribution in [0, 0.1) is 5.41 Å². The molecule has 0 aliphatic carbocycles. The number of hydrogen-bond donors (Lipinski definition) is 1. The van der Waals surface area contributed by atoms with Gasteiger partial charge in [0.25, 0.3) is 0 Å². The summed E-state index contributed by atoms with van der Waals surface area (Å²) in [5.41, 5.74) is 1.02. The number of carboxylic acids is 1. The maximum absolute atomic E-state index is 11.1. The van der Waals surface area contributed by atoms with Crippen molar-refractivity contribution in [3.8, 4) is 0 Å². The summed E-state index contributed by atoms with van der Waals surface area (Å²) >= 11 is 5.92. The molecule has 4 heteroatoms. The molecule has 0 aromatic heterocycles. The molecule has 0 aliphatic rings. The third-order valence-corrected chi connectivity index (χ3v) is 2.55. The Morgan fingerprint density at radius 2 is 2.00 bits per heavy atom. The van der Waals surface area contributed by atoms with E-state index >= 15 is 0 Å². The predicted molar refractivity (Wildman–Crippen MR) is 71.1 cm³/mol. The van der Waals surface area contributed by atoms with Gasteiger partial charge in [-0.1, -0.05) is 32.4 Å². The molecule has 0 saturated carbocycles. The maximum Gasteiger partial charge on any atom is 0.337 e. The quantitative estimate of drug-likeness (QED) is 0.898. The van der Waals surface area contributed by atoms with E-state index in [4.69, 9.17) is 16.7 Å². The van der Waals surface area contributed by atoms with Crippen LogP contribution in [0.2, 0.25) is 5.02 Å². The first-order valence-corrected chi connectivity index (χ1v) is 5.82. The summed E-state index contributed by atoms with van der Waals surface area (Å²) in [5, 5.41) is 9.68. The van der Waals surface area contributed by atoms with E-state index in [-0.39, 0.29) is 11.0 Å². The molecule has 0 unspecified atom stereocenters. The fraction of sp³-hybridized carbons (Fsp3) is 0.462. The van der Waals surface area contributed by atoms with Crippen LogP contribution in [0.3, 0.4) is 0 Å². The molecule has 3 nitrogen and oxygen atoms in total. The van der Waals surface area contributed by atoms with Crippen molar-refractivity contribution in [3.05, 3.63) is 28.8 Å². The van der Waals surface area contributed by atoms with Crippen molar-refractivity contribution in [3.63, 3.8) is 0 Å². The van der Waals surface area contributed by atoms with Crippen LogP contribution in [0.1, 0.15) is 31.1 Å². The second kappa shape index (κ2) is 4.96. The number of halogens is 1. The van der Waals surface area contributed by atoms with Gasteiger partial charge >= 0.3 is 5.97 Å². The second-order valence-electron chi connectivity index (χ2n) is 5.38. The molecule has 17 heavy (non-hydrogen) atoms. The van der Waals surface area contributed by atoms with Crippen LogP contribution in [0.25, 0.3) is 0 Å². The number of nitrogens with zero attached hydrogens (tertiary/aromatic N) is 1. The molecule has 94 valence electrons. The summed E-state index contributed by atoms with van der Waals surface area (Å²) in [6.07, 6.45) is 0. The van der Waals surface area contributed by atoms with Crippen molar-refractivity contribution in [1.82, 2.24) is 0 Å². The van der Waals surface area contributed by atoms with Crippen LogP contribution in [-0.4, -0.2) is 24.7 Å². The molecular weight excluding hydrogens is 238 g/mol. The zero-order valence-electron chi connectivity index (χ0n) is 10.6. The Balaban J connectivity index is 3.10. The van der Waals surface area contributed by atoms with E-state index in [2.05, 4.69) is 20.8 Å². The lowest BCUT2D eigenvalue weighted by Gasteiger charge is -2.29. The Bertz CT molecular complexity index is 424. The van der Waals surface area contributed by atoms with Gasteiger partial charge in [0.05, 0.1) is 11.3 Å². The standard InChI is InChI=1S/C13H18ClNO2/c1-13(2,3)8-15(4)11-7-9(14)5-6-10(11)12(16)17/h5-7H,8H2,1-4H3,(H,16,17). The minimum atomic E-state index is -0.933. The van der Waals surface area contributed by atoms with Gasteiger partial charge in [-0.2, -0.15) is 0 Å². The molecule has 1 N–H and O–H groups in total. The van der Waals surface area contributed by atoms with E-state index in [1.807, 2.05) is 11.9 Å². The average molecular weight is 256 g/mol. The van der Waals surface area contributed by atoms with Crippen LogP contribution < -0.4 is 4.90 Å². The fourth-order valence-corrected chi connectivity index (χ4v) is 1.96. The molecule has 0 saturated heterocycles. The Morgan fingerprint density at radius 1 is 1.41 bits per heavy atom. The molecule has 0 fully saturated rings. The monoisotopic (exact) mass is 255 g/mol. The summed E-state index contributed by atoms with van der Waals surface area (Å²) in [6.45, 7) is 7.07. The van der Waals surface area contributed by atoms with Gasteiger partial charge in [0, 0.05) is 18.6 Å². The molecule has 0 radical (unpaired) electrons. The van der Waals surface area contributed by atoms with E-state index in [1.54, 1.807) is 18.2 Å². The highest BCUT2D eigenvalue weighted by atomic mass is 35.5. The lowest BCUT2D eigenvalue weighted by Crippen LogP contribution is -2.30. The highest BCUT2D eigenvalue weighted by Gasteiger charge is 2.18. The highest BCUT2D eigenvalue weighted by molar-refractivity contribution is 6.31. The van der Waals surface area contributed by atoms with Crippen LogP contribution in [0.5, 0.6) is 0 Å². The van der Waals surface area contributed by atoms with Crippen molar-refractivity contribution < 1.29 is 9.90 Å². The van der Waals surface area contributed by atoms with E-state index in [1.165, 1.54) is 0 Å². The molecule has 0 amide bonds. The first-order chi connectivity index (χ1) is 7.70. The molecular formula is C13H18ClNO2. The molecule has 1 rings (SSSR count). The Hall–Kier alpha value is -1.22. The number of carboxylic acid groups (broad SMARTS) is 1. The number of hydrogen-bond acceptors (Lipinski definition) is 2. The normalized spacial score (nSPS) is 11.4. The molecule has 0 spiro atoms. The van der Waals surface area contributed by atoms with Gasteiger partial charge in [0.1, 0.15) is 0 Å². The van der Waals surface area contributed by atoms with Crippen molar-refractivity contribution in [2.75, 3.05) is 18.5 Å². The SMILES string of the molecule is CN(CC(C)(C)C)c1cc(Cl)ccc1C(=O)O. The van der Waals surface area contributed by atoms with Gasteiger partial charge in [0.2, 0.25) is 0 Å². The third-order valence-electron chi connectivity index (χ3n) is 2.31. The predicted octanol–water partition coefficient (Wildman–Crippen LogP) is 3.52. The summed E-state index contributed by atoms with van der Waals surface area (Å²) < 4.78 is 0. The largest absolute Gasteiger partial charge is 0.478 e. The topological polar surface area (TPSA) is 40.5 Å². The smallest absolute Gasteiger partial charge is 0.337 e. The average Bonchev–Trinajstić information content (AvgIpc) is 2.14. The van der Waals surface area contributed by atoms with Crippen molar-refractivity contribution in [2.45, 2.75) is 20.8 Å². The van der Waals surface area contributed by atoms with Crippen LogP contribution in [0.15, 0.2) is 18.2 Å². The van der Waals surface area contributed by atoms with Crippen LogP contribution >= 0.6 is 11.6 Å². The van der Waals surface area contributed by atoms with Gasteiger partial charge in [-0.15, -0.1) is 0 Å². The van der Waals surface area contributed by atoms with E-state index < -0.39 is 5.97 Å². The number of rotatable bonds is 3. The Kier molecular flexibility index (Phi) is 4.04. The summed E-state index contributed by atoms with van der Waals surface area (Å²) in [5.74, 6) is -0.933. The molecule has 0 atom stereocenters. The summed E-state index contributed by atoms with van der Waals surface area (Å²) in [7, 11) is 1.88. The summed E-state index contributed by atoms with van der Waals surface area (Å²) in [6, 6.07) is 4.83. The van der Waals surface area contributed by atoms with Crippen molar-refractivity contribution >= 4 is 23.3 Å². The van der Waals surface area contributed by atoms with Crippen LogP contribution in [-0.2, 0) is 0 Å². The van der Waals surface area contributed by atoms with Gasteiger partial charge < -0.3 is 10.0 Å². The zero-order valence-corrected chi connectivity index (χ0v) is 11.4. The molecule has 0 bridgehead atoms. The minimum absolute atomic E-state index is 0.0901. The number of benzene rings is 1. The molecule has 0 heterocycles. The minimum Gasteiger partial charge on any atom is -0.478 e. The second-order valence-corrected chi connectivity index (χ2v) is 5.82. The van der Waals surface area contributed by atoms with Gasteiger partial charge in [-0.3, -0.25) is 0 Å². The number of anilines is 1. The molecule has 0 aliphatic heterocycles. The third kappa shape index (κ3) is 3.93. The number of carbonyl (C=O) groups is 1. The van der Waals surface area contributed by atoms with Gasteiger partial charge in [0.15, 0.2) is 0 Å². The zero-order chi connectivity index (χ0) is 13.2. The first kappa shape index (κ1) is 13.8. The van der Waals surface area contributed by atoms with Crippen molar-refractivity contribution in [1.29, 1.82) is 0 Å². The number of aromatic carboxylic acids is 1. The summed E-state index contributed by atoms with van der Waals surface area (Å²) in [4.78, 5) is 13.1. The molecule has 1 aromatic rings. The van der Waals surface area contributed by atoms with E-state index in [9.17, 15) is 4.79 Å². The Labute approximate surface area is 107 Å². The maximum atomic E-state index is 11.1. The first-order valence-electron chi connectivity index (χ1n) is 5.45. The van der Waals surface area contributed by atoms with Gasteiger partial charge in [-0.25, -0.2) is 4.79 Å². The highest BCUT2D eigenvalue weighted by Crippen LogP contribution is 2.27. The molecule has 1 aromatic carbocycles. The Morgan fingerprint density at radius 3 is 2.47 bits per heavy atom.